The van der Waals surface area contributed by atoms with E-state index < -0.39 is 0 Å². The number of carbonyl (C=O) groups excluding carboxylic acids is 2. The van der Waals surface area contributed by atoms with Gasteiger partial charge in [0.2, 0.25) is 11.8 Å². The van der Waals surface area contributed by atoms with Gasteiger partial charge in [0, 0.05) is 31.6 Å². The molecule has 3 fully saturated rings. The van der Waals surface area contributed by atoms with Crippen LogP contribution in [-0.2, 0) is 9.59 Å². The van der Waals surface area contributed by atoms with Gasteiger partial charge in [0.25, 0.3) is 0 Å². The molecular formula is C23H27N5O2. The summed E-state index contributed by atoms with van der Waals surface area (Å²) in [4.78, 5) is 31.8. The molecule has 7 heteroatoms. The highest BCUT2D eigenvalue weighted by molar-refractivity contribution is 5.86. The lowest BCUT2D eigenvalue weighted by atomic mass is 10.0. The Labute approximate surface area is 177 Å². The fourth-order valence-corrected chi connectivity index (χ4v) is 5.30. The second-order valence-electron chi connectivity index (χ2n) is 8.74. The van der Waals surface area contributed by atoms with Crippen molar-refractivity contribution in [3.8, 4) is 12.1 Å². The second kappa shape index (κ2) is 8.08. The van der Waals surface area contributed by atoms with Crippen molar-refractivity contribution in [3.05, 3.63) is 35.4 Å². The number of nitrogens with zero attached hydrogens (tertiary/aromatic N) is 5. The Morgan fingerprint density at radius 2 is 2.10 bits per heavy atom. The molecule has 3 aliphatic heterocycles. The molecule has 5 atom stereocenters. The van der Waals surface area contributed by atoms with Crippen LogP contribution < -0.4 is 0 Å². The Balaban J connectivity index is 1.40. The molecule has 3 heterocycles. The van der Waals surface area contributed by atoms with Crippen molar-refractivity contribution in [2.45, 2.75) is 57.3 Å². The highest BCUT2D eigenvalue weighted by Gasteiger charge is 2.51. The third kappa shape index (κ3) is 3.44. The number of carbonyl (C=O) groups is 2. The number of amides is 2. The first-order chi connectivity index (χ1) is 14.4. The second-order valence-corrected chi connectivity index (χ2v) is 8.74. The van der Waals surface area contributed by atoms with E-state index in [1.54, 1.807) is 11.0 Å². The third-order valence-electron chi connectivity index (χ3n) is 6.84. The molecule has 0 aromatic heterocycles. The number of rotatable bonds is 5. The van der Waals surface area contributed by atoms with E-state index in [2.05, 4.69) is 17.0 Å². The number of nitriles is 2. The van der Waals surface area contributed by atoms with Gasteiger partial charge in [-0.05, 0) is 43.9 Å². The molecule has 2 amide bonds. The van der Waals surface area contributed by atoms with Gasteiger partial charge in [0.05, 0.1) is 29.8 Å². The fourth-order valence-electron chi connectivity index (χ4n) is 5.30. The quantitative estimate of drug-likeness (QED) is 0.748. The zero-order valence-corrected chi connectivity index (χ0v) is 17.5. The van der Waals surface area contributed by atoms with E-state index in [0.717, 1.165) is 31.4 Å². The maximum Gasteiger partial charge on any atom is 0.240 e. The molecule has 0 saturated carbocycles. The first-order valence-electron chi connectivity index (χ1n) is 10.7. The lowest BCUT2D eigenvalue weighted by molar-refractivity contribution is -0.142. The van der Waals surface area contributed by atoms with Crippen LogP contribution in [0.25, 0.3) is 0 Å². The molecule has 0 aliphatic carbocycles. The Bertz CT molecular complexity index is 932. The van der Waals surface area contributed by atoms with E-state index in [-0.39, 0.29) is 41.9 Å². The summed E-state index contributed by atoms with van der Waals surface area (Å²) in [5.41, 5.74) is 1.57. The Kier molecular flexibility index (Phi) is 5.49. The average molecular weight is 406 g/mol. The van der Waals surface area contributed by atoms with Crippen LogP contribution in [0.5, 0.6) is 0 Å². The van der Waals surface area contributed by atoms with Gasteiger partial charge in [-0.25, -0.2) is 0 Å². The van der Waals surface area contributed by atoms with E-state index >= 15 is 0 Å². The van der Waals surface area contributed by atoms with E-state index in [1.807, 2.05) is 36.9 Å². The van der Waals surface area contributed by atoms with Gasteiger partial charge in [0.15, 0.2) is 0 Å². The Morgan fingerprint density at radius 1 is 1.30 bits per heavy atom. The fraction of sp³-hybridized carbons (Fsp3) is 0.565. The van der Waals surface area contributed by atoms with Crippen molar-refractivity contribution in [1.29, 1.82) is 10.5 Å². The van der Waals surface area contributed by atoms with Crippen molar-refractivity contribution in [2.75, 3.05) is 19.6 Å². The molecule has 7 nitrogen and oxygen atoms in total. The highest BCUT2D eigenvalue weighted by atomic mass is 16.2. The van der Waals surface area contributed by atoms with Gasteiger partial charge in [0.1, 0.15) is 6.04 Å². The van der Waals surface area contributed by atoms with Gasteiger partial charge >= 0.3 is 0 Å². The number of likely N-dealkylation sites (tertiary alicyclic amines) is 3. The number of piperazine rings is 1. The number of hydrogen-bond donors (Lipinski definition) is 0. The molecule has 3 saturated heterocycles. The van der Waals surface area contributed by atoms with E-state index in [4.69, 9.17) is 5.26 Å². The summed E-state index contributed by atoms with van der Waals surface area (Å²) in [5.74, 6) is -0.103. The SMILES string of the molecule is C[C@@H](CN1C[C@@H]2C[C@H]1C(=O)N2[C@@H](C)c1cccc(C#N)c1)C(=O)N1CCC[C@H]1C#N. The lowest BCUT2D eigenvalue weighted by Crippen LogP contribution is -2.53. The summed E-state index contributed by atoms with van der Waals surface area (Å²) < 4.78 is 0. The summed E-state index contributed by atoms with van der Waals surface area (Å²) >= 11 is 0. The van der Waals surface area contributed by atoms with Crippen LogP contribution in [0.4, 0.5) is 0 Å². The molecule has 156 valence electrons. The normalized spacial score (nSPS) is 27.7. The molecule has 1 aromatic rings. The average Bonchev–Trinajstić information content (AvgIpc) is 3.47. The van der Waals surface area contributed by atoms with Gasteiger partial charge in [-0.3, -0.25) is 14.5 Å². The predicted octanol–water partition coefficient (Wildman–Crippen LogP) is 2.06. The van der Waals surface area contributed by atoms with Crippen molar-refractivity contribution in [1.82, 2.24) is 14.7 Å². The van der Waals surface area contributed by atoms with Gasteiger partial charge in [-0.15, -0.1) is 0 Å². The van der Waals surface area contributed by atoms with Gasteiger partial charge < -0.3 is 9.80 Å². The molecule has 4 rings (SSSR count). The molecule has 0 spiro atoms. The minimum absolute atomic E-state index is 0.0211. The zero-order valence-electron chi connectivity index (χ0n) is 17.5. The van der Waals surface area contributed by atoms with Gasteiger partial charge in [-0.1, -0.05) is 19.1 Å². The molecule has 0 radical (unpaired) electrons. The standard InChI is InChI=1S/C23H27N5O2/c1-15(22(29)27-8-4-7-19(27)12-25)13-26-14-20-10-21(26)23(30)28(20)16(2)18-6-3-5-17(9-18)11-24/h3,5-6,9,15-16,19-21H,4,7-8,10,13-14H2,1-2H3/t15-,16-,19-,20-,21-/m0/s1. The van der Waals surface area contributed by atoms with E-state index in [1.165, 1.54) is 0 Å². The molecule has 30 heavy (non-hydrogen) atoms. The molecule has 3 aliphatic rings. The minimum Gasteiger partial charge on any atom is -0.330 e. The third-order valence-corrected chi connectivity index (χ3v) is 6.84. The van der Waals surface area contributed by atoms with Crippen LogP contribution in [0.1, 0.15) is 50.3 Å². The smallest absolute Gasteiger partial charge is 0.240 e. The monoisotopic (exact) mass is 405 g/mol. The molecule has 0 unspecified atom stereocenters. The van der Waals surface area contributed by atoms with Crippen molar-refractivity contribution < 1.29 is 9.59 Å². The van der Waals surface area contributed by atoms with Crippen molar-refractivity contribution >= 4 is 11.8 Å². The number of hydrogen-bond acceptors (Lipinski definition) is 5. The predicted molar refractivity (Wildman–Crippen MR) is 110 cm³/mol. The zero-order chi connectivity index (χ0) is 21.4. The summed E-state index contributed by atoms with van der Waals surface area (Å²) in [6.45, 7) is 5.88. The molecule has 1 aromatic carbocycles. The molecule has 0 N–H and O–H groups in total. The number of benzene rings is 1. The van der Waals surface area contributed by atoms with Crippen LogP contribution in [0.2, 0.25) is 0 Å². The summed E-state index contributed by atoms with van der Waals surface area (Å²) in [6, 6.07) is 11.4. The van der Waals surface area contributed by atoms with Crippen LogP contribution in [0.3, 0.4) is 0 Å². The van der Waals surface area contributed by atoms with E-state index in [0.29, 0.717) is 18.7 Å². The Morgan fingerprint density at radius 3 is 2.80 bits per heavy atom. The van der Waals surface area contributed by atoms with Gasteiger partial charge in [-0.2, -0.15) is 10.5 Å². The first-order valence-corrected chi connectivity index (χ1v) is 10.7. The topological polar surface area (TPSA) is 91.4 Å². The largest absolute Gasteiger partial charge is 0.330 e. The summed E-state index contributed by atoms with van der Waals surface area (Å²) in [7, 11) is 0. The van der Waals surface area contributed by atoms with E-state index in [9.17, 15) is 14.9 Å². The number of fused-ring (bicyclic) bond motifs is 2. The van der Waals surface area contributed by atoms with Crippen LogP contribution in [-0.4, -0.2) is 64.3 Å². The summed E-state index contributed by atoms with van der Waals surface area (Å²) in [6.07, 6.45) is 2.41. The summed E-state index contributed by atoms with van der Waals surface area (Å²) in [5, 5.41) is 18.4. The minimum atomic E-state index is -0.308. The highest BCUT2D eigenvalue weighted by Crippen LogP contribution is 2.38. The van der Waals surface area contributed by atoms with Crippen LogP contribution in [0, 0.1) is 28.6 Å². The Hall–Kier alpha value is -2.90. The molecular weight excluding hydrogens is 378 g/mol. The lowest BCUT2D eigenvalue weighted by Gasteiger charge is -2.38. The maximum absolute atomic E-state index is 13.1. The van der Waals surface area contributed by atoms with Crippen molar-refractivity contribution in [3.63, 3.8) is 0 Å². The molecule has 2 bridgehead atoms. The van der Waals surface area contributed by atoms with Crippen LogP contribution >= 0.6 is 0 Å². The van der Waals surface area contributed by atoms with Crippen LogP contribution in [0.15, 0.2) is 24.3 Å². The van der Waals surface area contributed by atoms with Crippen molar-refractivity contribution in [2.24, 2.45) is 5.92 Å². The maximum atomic E-state index is 13.1. The first kappa shape index (κ1) is 20.4.